The Hall–Kier alpha value is -1.25. The molecule has 15 heavy (non-hydrogen) atoms. The lowest BCUT2D eigenvalue weighted by molar-refractivity contribution is -0.122. The van der Waals surface area contributed by atoms with Crippen molar-refractivity contribution in [1.82, 2.24) is 0 Å². The smallest absolute Gasteiger partial charge is 0.143 e. The predicted octanol–water partition coefficient (Wildman–Crippen LogP) is 2.88. The van der Waals surface area contributed by atoms with E-state index in [-0.39, 0.29) is 23.2 Å². The fraction of sp³-hybridized carbons (Fsp3) is 0.417. The van der Waals surface area contributed by atoms with E-state index in [2.05, 4.69) is 0 Å². The second kappa shape index (κ2) is 3.40. The number of halogens is 2. The second-order valence-electron chi connectivity index (χ2n) is 4.40. The summed E-state index contributed by atoms with van der Waals surface area (Å²) < 4.78 is 25.8. The average molecular weight is 210 g/mol. The summed E-state index contributed by atoms with van der Waals surface area (Å²) in [6.45, 7) is 1.89. The van der Waals surface area contributed by atoms with Crippen LogP contribution in [0.3, 0.4) is 0 Å². The van der Waals surface area contributed by atoms with Gasteiger partial charge < -0.3 is 0 Å². The van der Waals surface area contributed by atoms with Gasteiger partial charge in [-0.2, -0.15) is 0 Å². The van der Waals surface area contributed by atoms with Crippen LogP contribution in [0.2, 0.25) is 0 Å². The molecule has 0 heterocycles. The van der Waals surface area contributed by atoms with Crippen LogP contribution in [0, 0.1) is 17.0 Å². The molecule has 1 aromatic rings. The molecule has 1 aromatic carbocycles. The molecule has 2 rings (SSSR count). The van der Waals surface area contributed by atoms with Crippen LogP contribution in [-0.4, -0.2) is 5.78 Å². The Kier molecular flexibility index (Phi) is 2.33. The van der Waals surface area contributed by atoms with Crippen molar-refractivity contribution in [2.45, 2.75) is 26.2 Å². The van der Waals surface area contributed by atoms with Crippen LogP contribution in [0.4, 0.5) is 8.78 Å². The molecule has 0 aromatic heterocycles. The third-order valence-corrected chi connectivity index (χ3v) is 3.04. The van der Waals surface area contributed by atoms with E-state index in [9.17, 15) is 13.6 Å². The fourth-order valence-electron chi connectivity index (χ4n) is 1.52. The molecule has 0 N–H and O–H groups in total. The van der Waals surface area contributed by atoms with Gasteiger partial charge in [0.25, 0.3) is 0 Å². The molecule has 0 spiro atoms. The molecule has 0 aliphatic heterocycles. The topological polar surface area (TPSA) is 17.1 Å². The molecule has 0 unspecified atom stereocenters. The average Bonchev–Trinajstić information content (AvgIpc) is 2.90. The van der Waals surface area contributed by atoms with Gasteiger partial charge >= 0.3 is 0 Å². The zero-order chi connectivity index (χ0) is 11.1. The van der Waals surface area contributed by atoms with E-state index in [0.29, 0.717) is 0 Å². The fourth-order valence-corrected chi connectivity index (χ4v) is 1.52. The molecule has 80 valence electrons. The van der Waals surface area contributed by atoms with E-state index in [1.807, 2.05) is 6.92 Å². The molecule has 1 aliphatic carbocycles. The molecule has 0 amide bonds. The highest BCUT2D eigenvalue weighted by Gasteiger charge is 2.44. The van der Waals surface area contributed by atoms with Crippen LogP contribution in [0.25, 0.3) is 0 Å². The Labute approximate surface area is 87.1 Å². The summed E-state index contributed by atoms with van der Waals surface area (Å²) >= 11 is 0. The molecular formula is C12H12F2O. The standard InChI is InChI=1S/C12H12F2O/c1-12(4-5-12)11(15)6-8-2-3-9(13)7-10(8)14/h2-3,7H,4-6H2,1H3. The number of carbonyl (C=O) groups is 1. The maximum atomic E-state index is 13.2. The molecule has 1 saturated carbocycles. The normalized spacial score (nSPS) is 17.5. The summed E-state index contributed by atoms with van der Waals surface area (Å²) in [6, 6.07) is 3.34. The predicted molar refractivity (Wildman–Crippen MR) is 52.4 cm³/mol. The Morgan fingerprint density at radius 2 is 2.07 bits per heavy atom. The Bertz CT molecular complexity index is 408. The minimum absolute atomic E-state index is 0.0491. The summed E-state index contributed by atoms with van der Waals surface area (Å²) in [7, 11) is 0. The minimum atomic E-state index is -0.632. The highest BCUT2D eigenvalue weighted by Crippen LogP contribution is 2.46. The molecule has 1 nitrogen and oxygen atoms in total. The summed E-state index contributed by atoms with van der Waals surface area (Å²) in [5.41, 5.74) is 0.0374. The number of hydrogen-bond acceptors (Lipinski definition) is 1. The maximum Gasteiger partial charge on any atom is 0.143 e. The van der Waals surface area contributed by atoms with Crippen molar-refractivity contribution < 1.29 is 13.6 Å². The molecule has 0 atom stereocenters. The van der Waals surface area contributed by atoms with E-state index in [0.717, 1.165) is 18.9 Å². The lowest BCUT2D eigenvalue weighted by Crippen LogP contribution is -2.15. The van der Waals surface area contributed by atoms with E-state index < -0.39 is 11.6 Å². The summed E-state index contributed by atoms with van der Waals surface area (Å²) in [6.07, 6.45) is 1.84. The second-order valence-corrected chi connectivity index (χ2v) is 4.40. The van der Waals surface area contributed by atoms with Crippen molar-refractivity contribution in [3.8, 4) is 0 Å². The van der Waals surface area contributed by atoms with Crippen molar-refractivity contribution >= 4 is 5.78 Å². The van der Waals surface area contributed by atoms with E-state index in [1.54, 1.807) is 0 Å². The van der Waals surface area contributed by atoms with Crippen LogP contribution in [-0.2, 0) is 11.2 Å². The lowest BCUT2D eigenvalue weighted by Gasteiger charge is -2.07. The Morgan fingerprint density at radius 1 is 1.40 bits per heavy atom. The van der Waals surface area contributed by atoms with Crippen LogP contribution in [0.1, 0.15) is 25.3 Å². The first-order valence-corrected chi connectivity index (χ1v) is 4.98. The first-order chi connectivity index (χ1) is 7.01. The van der Waals surface area contributed by atoms with Gasteiger partial charge in [0, 0.05) is 17.9 Å². The highest BCUT2D eigenvalue weighted by molar-refractivity contribution is 5.88. The first kappa shape index (κ1) is 10.3. The third-order valence-electron chi connectivity index (χ3n) is 3.04. The molecule has 0 saturated heterocycles. The van der Waals surface area contributed by atoms with Gasteiger partial charge in [-0.1, -0.05) is 13.0 Å². The number of hydrogen-bond donors (Lipinski definition) is 0. The van der Waals surface area contributed by atoms with Gasteiger partial charge in [-0.25, -0.2) is 8.78 Å². The first-order valence-electron chi connectivity index (χ1n) is 4.98. The molecule has 0 bridgehead atoms. The minimum Gasteiger partial charge on any atom is -0.299 e. The molecule has 1 aliphatic rings. The highest BCUT2D eigenvalue weighted by atomic mass is 19.1. The van der Waals surface area contributed by atoms with Crippen LogP contribution in [0.5, 0.6) is 0 Å². The summed E-state index contributed by atoms with van der Waals surface area (Å²) in [5, 5.41) is 0. The summed E-state index contributed by atoms with van der Waals surface area (Å²) in [5.74, 6) is -1.19. The number of rotatable bonds is 3. The Morgan fingerprint density at radius 3 is 2.60 bits per heavy atom. The van der Waals surface area contributed by atoms with Gasteiger partial charge in [0.1, 0.15) is 17.4 Å². The molecular weight excluding hydrogens is 198 g/mol. The largest absolute Gasteiger partial charge is 0.299 e. The van der Waals surface area contributed by atoms with Crippen molar-refractivity contribution in [2.24, 2.45) is 5.41 Å². The van der Waals surface area contributed by atoms with E-state index in [1.165, 1.54) is 12.1 Å². The SMILES string of the molecule is CC1(C(=O)Cc2ccc(F)cc2F)CC1. The summed E-state index contributed by atoms with van der Waals surface area (Å²) in [4.78, 5) is 11.7. The third kappa shape index (κ3) is 2.06. The zero-order valence-electron chi connectivity index (χ0n) is 8.52. The number of carbonyl (C=O) groups excluding carboxylic acids is 1. The molecule has 3 heteroatoms. The zero-order valence-corrected chi connectivity index (χ0v) is 8.52. The monoisotopic (exact) mass is 210 g/mol. The molecule has 1 fully saturated rings. The van der Waals surface area contributed by atoms with Crippen LogP contribution >= 0.6 is 0 Å². The van der Waals surface area contributed by atoms with Crippen LogP contribution in [0.15, 0.2) is 18.2 Å². The van der Waals surface area contributed by atoms with E-state index >= 15 is 0 Å². The lowest BCUT2D eigenvalue weighted by atomic mass is 9.97. The van der Waals surface area contributed by atoms with Crippen molar-refractivity contribution in [2.75, 3.05) is 0 Å². The van der Waals surface area contributed by atoms with Gasteiger partial charge in [-0.3, -0.25) is 4.79 Å². The van der Waals surface area contributed by atoms with E-state index in [4.69, 9.17) is 0 Å². The molecule has 0 radical (unpaired) electrons. The van der Waals surface area contributed by atoms with Gasteiger partial charge in [-0.15, -0.1) is 0 Å². The van der Waals surface area contributed by atoms with Gasteiger partial charge in [-0.05, 0) is 24.5 Å². The quantitative estimate of drug-likeness (QED) is 0.749. The van der Waals surface area contributed by atoms with Gasteiger partial charge in [0.2, 0.25) is 0 Å². The maximum absolute atomic E-state index is 13.2. The van der Waals surface area contributed by atoms with Gasteiger partial charge in [0.05, 0.1) is 0 Å². The number of benzene rings is 1. The van der Waals surface area contributed by atoms with Crippen molar-refractivity contribution in [3.63, 3.8) is 0 Å². The van der Waals surface area contributed by atoms with Crippen molar-refractivity contribution in [3.05, 3.63) is 35.4 Å². The number of Topliss-reactive ketones (excluding diaryl/α,β-unsaturated/α-hetero) is 1. The van der Waals surface area contributed by atoms with Gasteiger partial charge in [0.15, 0.2) is 0 Å². The number of ketones is 1. The Balaban J connectivity index is 2.14. The van der Waals surface area contributed by atoms with Crippen LogP contribution < -0.4 is 0 Å². The van der Waals surface area contributed by atoms with Crippen molar-refractivity contribution in [1.29, 1.82) is 0 Å².